The lowest BCUT2D eigenvalue weighted by Crippen LogP contribution is -2.71. The first kappa shape index (κ1) is 17.6. The Morgan fingerprint density at radius 2 is 1.65 bits per heavy atom. The van der Waals surface area contributed by atoms with Crippen LogP contribution in [0.15, 0.2) is 11.6 Å². The smallest absolute Gasteiger partial charge is 0.334 e. The molecule has 0 radical (unpaired) electrons. The lowest BCUT2D eigenvalue weighted by Gasteiger charge is -2.53. The highest BCUT2D eigenvalue weighted by molar-refractivity contribution is 6.06. The molecule has 3 aliphatic rings. The van der Waals surface area contributed by atoms with E-state index in [0.717, 1.165) is 0 Å². The van der Waals surface area contributed by atoms with Crippen molar-refractivity contribution >= 4 is 17.7 Å². The van der Waals surface area contributed by atoms with Gasteiger partial charge in [-0.1, -0.05) is 0 Å². The van der Waals surface area contributed by atoms with Gasteiger partial charge in [-0.25, -0.2) is 4.79 Å². The highest BCUT2D eigenvalue weighted by Gasteiger charge is 2.70. The van der Waals surface area contributed by atoms with Crippen molar-refractivity contribution in [2.45, 2.75) is 17.8 Å². The number of carbonyl (C=O) groups excluding carboxylic acids is 3. The standard InChI is InChI=1S/C15H20O8/c1-19-11(16)8-7-14(21-3)10(12(17)20-2)6-9(8)15(22-4,23-5)13(14)18/h7,9-10H,6H2,1-5H3/t9-,10+,14+/m0/s1. The molecule has 8 nitrogen and oxygen atoms in total. The molecule has 0 saturated heterocycles. The molecule has 128 valence electrons. The molecule has 1 saturated carbocycles. The summed E-state index contributed by atoms with van der Waals surface area (Å²) in [4.78, 5) is 37.3. The van der Waals surface area contributed by atoms with Crippen molar-refractivity contribution in [2.75, 3.05) is 35.5 Å². The Labute approximate surface area is 133 Å². The van der Waals surface area contributed by atoms with Gasteiger partial charge in [0.25, 0.3) is 0 Å². The molecule has 0 unspecified atom stereocenters. The molecule has 3 rings (SSSR count). The quantitative estimate of drug-likeness (QED) is 0.508. The zero-order valence-electron chi connectivity index (χ0n) is 13.7. The summed E-state index contributed by atoms with van der Waals surface area (Å²) in [6, 6.07) is 0. The maximum Gasteiger partial charge on any atom is 0.334 e. The number of esters is 2. The molecule has 0 aromatic rings. The minimum atomic E-state index is -1.72. The number of carbonyl (C=O) groups is 3. The zero-order valence-corrected chi connectivity index (χ0v) is 13.7. The van der Waals surface area contributed by atoms with Crippen LogP contribution in [-0.4, -0.2) is 64.7 Å². The van der Waals surface area contributed by atoms with Crippen LogP contribution in [0.2, 0.25) is 0 Å². The molecule has 3 atom stereocenters. The molecule has 0 aromatic carbocycles. The maximum absolute atomic E-state index is 13.0. The summed E-state index contributed by atoms with van der Waals surface area (Å²) in [6.07, 6.45) is 1.42. The van der Waals surface area contributed by atoms with Crippen molar-refractivity contribution in [3.05, 3.63) is 11.6 Å². The van der Waals surface area contributed by atoms with E-state index in [1.807, 2.05) is 0 Å². The summed E-state index contributed by atoms with van der Waals surface area (Å²) in [5.41, 5.74) is -1.53. The van der Waals surface area contributed by atoms with Gasteiger partial charge in [0.1, 0.15) is 0 Å². The monoisotopic (exact) mass is 328 g/mol. The first-order valence-corrected chi connectivity index (χ1v) is 6.97. The summed E-state index contributed by atoms with van der Waals surface area (Å²) in [7, 11) is 6.33. The van der Waals surface area contributed by atoms with Crippen molar-refractivity contribution in [3.8, 4) is 0 Å². The molecule has 8 heteroatoms. The molecular weight excluding hydrogens is 308 g/mol. The van der Waals surface area contributed by atoms with E-state index in [1.165, 1.54) is 41.6 Å². The second kappa shape index (κ2) is 6.03. The molecular formula is C15H20O8. The van der Waals surface area contributed by atoms with E-state index in [4.69, 9.17) is 23.7 Å². The molecule has 1 fully saturated rings. The van der Waals surface area contributed by atoms with Gasteiger partial charge in [-0.15, -0.1) is 0 Å². The predicted octanol–water partition coefficient (Wildman–Crippen LogP) is -0.148. The highest BCUT2D eigenvalue weighted by Crippen LogP contribution is 2.53. The molecule has 0 N–H and O–H groups in total. The molecule has 0 spiro atoms. The third kappa shape index (κ3) is 2.13. The first-order valence-electron chi connectivity index (χ1n) is 6.97. The number of hydrogen-bond acceptors (Lipinski definition) is 8. The number of ketones is 1. The SMILES string of the molecule is COC(=O)C1=C[C@]2(OC)C(=O)C(OC)(OC)[C@H]1C[C@@H]2C(=O)OC. The average Bonchev–Trinajstić information content (AvgIpc) is 2.60. The topological polar surface area (TPSA) is 97.4 Å². The zero-order chi connectivity index (χ0) is 17.4. The number of rotatable bonds is 5. The van der Waals surface area contributed by atoms with Crippen LogP contribution in [0.5, 0.6) is 0 Å². The van der Waals surface area contributed by atoms with Crippen LogP contribution >= 0.6 is 0 Å². The fourth-order valence-electron chi connectivity index (χ4n) is 3.56. The Hall–Kier alpha value is -1.77. The van der Waals surface area contributed by atoms with Gasteiger partial charge < -0.3 is 23.7 Å². The van der Waals surface area contributed by atoms with E-state index in [2.05, 4.69) is 0 Å². The number of methoxy groups -OCH3 is 5. The van der Waals surface area contributed by atoms with Crippen molar-refractivity contribution in [3.63, 3.8) is 0 Å². The average molecular weight is 328 g/mol. The summed E-state index contributed by atoms with van der Waals surface area (Å²) in [5.74, 6) is -5.26. The first-order chi connectivity index (χ1) is 10.9. The Morgan fingerprint density at radius 3 is 2.09 bits per heavy atom. The van der Waals surface area contributed by atoms with Crippen LogP contribution in [-0.2, 0) is 38.1 Å². The summed E-state index contributed by atoms with van der Waals surface area (Å²) in [5, 5.41) is 0. The fraction of sp³-hybridized carbons (Fsp3) is 0.667. The van der Waals surface area contributed by atoms with E-state index in [0.29, 0.717) is 0 Å². The minimum Gasteiger partial charge on any atom is -0.469 e. The van der Waals surface area contributed by atoms with Crippen LogP contribution in [0.25, 0.3) is 0 Å². The van der Waals surface area contributed by atoms with Gasteiger partial charge >= 0.3 is 11.9 Å². The van der Waals surface area contributed by atoms with Gasteiger partial charge in [0.15, 0.2) is 5.60 Å². The molecule has 0 aromatic heterocycles. The summed E-state index contributed by atoms with van der Waals surface area (Å²) >= 11 is 0. The second-order valence-electron chi connectivity index (χ2n) is 5.36. The number of hydrogen-bond donors (Lipinski definition) is 0. The van der Waals surface area contributed by atoms with Gasteiger partial charge in [-0.3, -0.25) is 9.59 Å². The van der Waals surface area contributed by atoms with Crippen molar-refractivity contribution in [2.24, 2.45) is 11.8 Å². The van der Waals surface area contributed by atoms with Crippen LogP contribution in [0, 0.1) is 11.8 Å². The Bertz CT molecular complexity index is 562. The summed E-state index contributed by atoms with van der Waals surface area (Å²) < 4.78 is 25.6. The van der Waals surface area contributed by atoms with E-state index in [9.17, 15) is 14.4 Å². The molecule has 2 bridgehead atoms. The predicted molar refractivity (Wildman–Crippen MR) is 75.2 cm³/mol. The molecule has 0 amide bonds. The lowest BCUT2D eigenvalue weighted by atomic mass is 9.58. The second-order valence-corrected chi connectivity index (χ2v) is 5.36. The van der Waals surface area contributed by atoms with Gasteiger partial charge in [0.05, 0.1) is 26.1 Å². The number of fused-ring (bicyclic) bond motifs is 2. The molecule has 0 aliphatic heterocycles. The molecule has 3 aliphatic carbocycles. The maximum atomic E-state index is 13.0. The highest BCUT2D eigenvalue weighted by atomic mass is 16.7. The van der Waals surface area contributed by atoms with Gasteiger partial charge in [0.2, 0.25) is 11.6 Å². The minimum absolute atomic E-state index is 0.0921. The van der Waals surface area contributed by atoms with E-state index in [-0.39, 0.29) is 12.0 Å². The largest absolute Gasteiger partial charge is 0.469 e. The van der Waals surface area contributed by atoms with Crippen molar-refractivity contribution in [1.29, 1.82) is 0 Å². The Kier molecular flexibility index (Phi) is 4.61. The van der Waals surface area contributed by atoms with Gasteiger partial charge in [-0.2, -0.15) is 0 Å². The van der Waals surface area contributed by atoms with Crippen molar-refractivity contribution < 1.29 is 38.1 Å². The van der Waals surface area contributed by atoms with Gasteiger partial charge in [-0.05, 0) is 12.5 Å². The van der Waals surface area contributed by atoms with Crippen LogP contribution in [0.3, 0.4) is 0 Å². The number of Topliss-reactive ketones (excluding diaryl/α,β-unsaturated/α-hetero) is 1. The molecule has 23 heavy (non-hydrogen) atoms. The van der Waals surface area contributed by atoms with E-state index >= 15 is 0 Å². The van der Waals surface area contributed by atoms with Crippen LogP contribution < -0.4 is 0 Å². The molecule has 0 heterocycles. The summed E-state index contributed by atoms with van der Waals surface area (Å²) in [6.45, 7) is 0. The van der Waals surface area contributed by atoms with E-state index < -0.39 is 40.9 Å². The van der Waals surface area contributed by atoms with E-state index in [1.54, 1.807) is 0 Å². The third-order valence-electron chi connectivity index (χ3n) is 4.72. The third-order valence-corrected chi connectivity index (χ3v) is 4.72. The number of ether oxygens (including phenoxy) is 5. The van der Waals surface area contributed by atoms with Crippen LogP contribution in [0.1, 0.15) is 6.42 Å². The van der Waals surface area contributed by atoms with Crippen molar-refractivity contribution in [1.82, 2.24) is 0 Å². The Morgan fingerprint density at radius 1 is 1.04 bits per heavy atom. The van der Waals surface area contributed by atoms with Crippen LogP contribution in [0.4, 0.5) is 0 Å². The Balaban J connectivity index is 2.70. The lowest BCUT2D eigenvalue weighted by molar-refractivity contribution is -0.260. The normalized spacial score (nSPS) is 31.5. The fourth-order valence-corrected chi connectivity index (χ4v) is 3.56. The van der Waals surface area contributed by atoms with Gasteiger partial charge in [0, 0.05) is 26.9 Å².